The Labute approximate surface area is 344 Å². The van der Waals surface area contributed by atoms with E-state index in [1.165, 1.54) is 16.0 Å². The van der Waals surface area contributed by atoms with Gasteiger partial charge in [-0.15, -0.1) is 10.9 Å². The summed E-state index contributed by atoms with van der Waals surface area (Å²) < 4.78 is 39.3. The van der Waals surface area contributed by atoms with Crippen LogP contribution in [0.1, 0.15) is 88.7 Å². The number of allylic oxidation sites excluding steroid dienone is 1. The highest BCUT2D eigenvalue weighted by atomic mass is 35.5. The molecule has 2 aromatic rings. The number of halogens is 1. The second-order valence-corrected chi connectivity index (χ2v) is 18.5. The number of urea groups is 1. The zero-order valence-corrected chi connectivity index (χ0v) is 36.3. The fourth-order valence-electron chi connectivity index (χ4n) is 8.71. The molecule has 0 bridgehead atoms. The molecule has 314 valence electrons. The highest BCUT2D eigenvalue weighted by molar-refractivity contribution is 7.92. The van der Waals surface area contributed by atoms with Crippen molar-refractivity contribution in [3.63, 3.8) is 0 Å². The van der Waals surface area contributed by atoms with E-state index in [9.17, 15) is 18.6 Å². The van der Waals surface area contributed by atoms with Gasteiger partial charge >= 0.3 is 12.1 Å². The molecule has 1 fully saturated rings. The van der Waals surface area contributed by atoms with Crippen molar-refractivity contribution in [1.29, 1.82) is 0 Å². The summed E-state index contributed by atoms with van der Waals surface area (Å²) in [4.78, 5) is 45.2. The van der Waals surface area contributed by atoms with Crippen LogP contribution in [-0.4, -0.2) is 103 Å². The lowest BCUT2D eigenvalue weighted by molar-refractivity contribution is -0.00662. The van der Waals surface area contributed by atoms with Crippen molar-refractivity contribution in [2.75, 3.05) is 63.6 Å². The minimum atomic E-state index is -3.59. The molecule has 3 aliphatic rings. The van der Waals surface area contributed by atoms with Crippen LogP contribution in [0.2, 0.25) is 5.02 Å². The maximum Gasteiger partial charge on any atom is 0.410 e. The fourth-order valence-corrected chi connectivity index (χ4v) is 10.8. The second-order valence-electron chi connectivity index (χ2n) is 16.1. The number of aryl methyl sites for hydroxylation is 1. The molecular formula is C43H62ClN5O7S. The molecule has 12 nitrogen and oxygen atoms in total. The van der Waals surface area contributed by atoms with Gasteiger partial charge in [0.25, 0.3) is 5.91 Å². The number of carbonyl (C=O) groups is 3. The van der Waals surface area contributed by atoms with Crippen LogP contribution in [-0.2, 0) is 31.2 Å². The number of rotatable bonds is 15. The van der Waals surface area contributed by atoms with E-state index >= 15 is 0 Å². The van der Waals surface area contributed by atoms with Crippen LogP contribution in [0.15, 0.2) is 53.4 Å². The number of nitrogens with zero attached hydrogens (tertiary/aromatic N) is 4. The first-order chi connectivity index (χ1) is 27.2. The molecule has 4 amide bonds. The Hall–Kier alpha value is -3.81. The fraction of sp³-hybridized carbons (Fsp3) is 0.605. The van der Waals surface area contributed by atoms with Crippen LogP contribution < -0.4 is 14.4 Å². The van der Waals surface area contributed by atoms with Crippen molar-refractivity contribution in [3.05, 3.63) is 70.8 Å². The van der Waals surface area contributed by atoms with E-state index in [4.69, 9.17) is 25.8 Å². The first-order valence-electron chi connectivity index (χ1n) is 20.4. The third-order valence-electron chi connectivity index (χ3n) is 12.0. The van der Waals surface area contributed by atoms with Gasteiger partial charge in [0.2, 0.25) is 0 Å². The molecule has 1 saturated heterocycles. The maximum absolute atomic E-state index is 14.5. The van der Waals surface area contributed by atoms with Gasteiger partial charge < -0.3 is 28.9 Å². The van der Waals surface area contributed by atoms with Crippen LogP contribution in [0.25, 0.3) is 0 Å². The molecule has 0 aromatic heterocycles. The number of ether oxygens (including phenoxy) is 3. The van der Waals surface area contributed by atoms with Crippen LogP contribution in [0.4, 0.5) is 15.3 Å². The quantitative estimate of drug-likeness (QED) is 0.178. The van der Waals surface area contributed by atoms with Gasteiger partial charge in [0, 0.05) is 49.3 Å². The number of hydrogen-bond donors (Lipinski definition) is 1. The predicted octanol–water partition coefficient (Wildman–Crippen LogP) is 8.12. The van der Waals surface area contributed by atoms with Crippen molar-refractivity contribution < 1.29 is 32.8 Å². The molecule has 5 rings (SSSR count). The Morgan fingerprint density at radius 1 is 1.14 bits per heavy atom. The van der Waals surface area contributed by atoms with Crippen molar-refractivity contribution in [3.8, 4) is 5.75 Å². The summed E-state index contributed by atoms with van der Waals surface area (Å²) in [6.45, 7) is 19.1. The third-order valence-corrected chi connectivity index (χ3v) is 14.2. The molecule has 0 radical (unpaired) electrons. The molecule has 2 heterocycles. The Morgan fingerprint density at radius 3 is 2.54 bits per heavy atom. The molecular weight excluding hydrogens is 766 g/mol. The van der Waals surface area contributed by atoms with Gasteiger partial charge in [-0.2, -0.15) is 0 Å². The summed E-state index contributed by atoms with van der Waals surface area (Å²) in [5, 5.41) is 0.720. The summed E-state index contributed by atoms with van der Waals surface area (Å²) in [6, 6.07) is 10.8. The van der Waals surface area contributed by atoms with E-state index in [0.717, 1.165) is 36.4 Å². The smallest absolute Gasteiger partial charge is 0.410 e. The largest absolute Gasteiger partial charge is 0.490 e. The molecule has 2 aromatic carbocycles. The lowest BCUT2D eigenvalue weighted by atomic mass is 9.70. The van der Waals surface area contributed by atoms with E-state index in [2.05, 4.69) is 53.5 Å². The van der Waals surface area contributed by atoms with Crippen LogP contribution in [0.5, 0.6) is 5.75 Å². The SMILES string of the molecule is C=CC[C@H](C)CS(=O)(=NC(=O)c1ccc2c(c1)N(C[C@H](C)[C@@H](CC)[C@H](C)OC)C[C@@]1(CCCc3cc(Cl)ccc31)CO2)NC(=O)N1CC(OC(=O)N(CC)CC)C1. The molecule has 1 unspecified atom stereocenters. The highest BCUT2D eigenvalue weighted by Crippen LogP contribution is 2.45. The summed E-state index contributed by atoms with van der Waals surface area (Å²) in [5.74, 6) is 0.240. The average molecular weight is 829 g/mol. The highest BCUT2D eigenvalue weighted by Gasteiger charge is 2.43. The Kier molecular flexibility index (Phi) is 15.0. The van der Waals surface area contributed by atoms with Crippen molar-refractivity contribution in [1.82, 2.24) is 14.5 Å². The van der Waals surface area contributed by atoms with E-state index in [1.807, 2.05) is 26.8 Å². The number of methoxy groups -OCH3 is 1. The number of likely N-dealkylation sites (tertiary alicyclic amines) is 1. The molecule has 1 N–H and O–H groups in total. The number of benzene rings is 2. The topological polar surface area (TPSA) is 130 Å². The first kappa shape index (κ1) is 44.3. The number of fused-ring (bicyclic) bond motifs is 3. The van der Waals surface area contributed by atoms with E-state index < -0.39 is 34.1 Å². The lowest BCUT2D eigenvalue weighted by Crippen LogP contribution is -2.59. The summed E-state index contributed by atoms with van der Waals surface area (Å²) >= 11 is 6.47. The Balaban J connectivity index is 1.45. The lowest BCUT2D eigenvalue weighted by Gasteiger charge is -2.42. The number of anilines is 1. The van der Waals surface area contributed by atoms with E-state index in [1.54, 1.807) is 36.3 Å². The monoisotopic (exact) mass is 827 g/mol. The molecule has 14 heteroatoms. The Bertz CT molecular complexity index is 1890. The normalized spacial score (nSPS) is 20.9. The minimum Gasteiger partial charge on any atom is -0.490 e. The average Bonchev–Trinajstić information content (AvgIpc) is 3.29. The standard InChI is InChI=1S/C43H62ClN5O7S/c1-9-14-29(5)26-57(53,46-41(51)48-24-35(25-48)56-42(52)47(11-3)12-4)45-40(50)33-16-19-39-38(22-33)49(23-30(6)36(10-2)31(7)54-8)27-43(28-55-39)20-13-15-32-21-34(44)17-18-37(32)43/h9,16-19,21-22,29-31,35-36H,1,10-15,20,23-28H2,2-8H3,(H,45,46,50,51,53)/t29-,30-,31-,36+,43-,57?/m0/s1. The summed E-state index contributed by atoms with van der Waals surface area (Å²) in [7, 11) is -1.84. The van der Waals surface area contributed by atoms with Gasteiger partial charge in [0.05, 0.1) is 37.2 Å². The van der Waals surface area contributed by atoms with Gasteiger partial charge in [-0.25, -0.2) is 13.8 Å². The molecule has 1 aliphatic carbocycles. The minimum absolute atomic E-state index is 0.0511. The second kappa shape index (κ2) is 19.3. The Morgan fingerprint density at radius 2 is 1.88 bits per heavy atom. The van der Waals surface area contributed by atoms with Crippen molar-refractivity contribution in [2.45, 2.75) is 91.3 Å². The maximum atomic E-state index is 14.5. The first-order valence-corrected chi connectivity index (χ1v) is 22.5. The zero-order chi connectivity index (χ0) is 41.5. The summed E-state index contributed by atoms with van der Waals surface area (Å²) in [6.07, 6.45) is 5.21. The molecule has 57 heavy (non-hydrogen) atoms. The van der Waals surface area contributed by atoms with Crippen LogP contribution in [0, 0.1) is 17.8 Å². The van der Waals surface area contributed by atoms with Gasteiger partial charge in [0.1, 0.15) is 21.8 Å². The van der Waals surface area contributed by atoms with E-state index in [-0.39, 0.29) is 53.7 Å². The van der Waals surface area contributed by atoms with Crippen LogP contribution >= 0.6 is 11.6 Å². The number of nitrogens with one attached hydrogen (secondary N) is 1. The number of amides is 4. The molecule has 0 saturated carbocycles. The number of carbonyl (C=O) groups excluding carboxylic acids is 3. The zero-order valence-electron chi connectivity index (χ0n) is 34.8. The number of hydrogen-bond acceptors (Lipinski definition) is 8. The van der Waals surface area contributed by atoms with Crippen molar-refractivity contribution in [2.24, 2.45) is 22.1 Å². The van der Waals surface area contributed by atoms with Gasteiger partial charge in [-0.05, 0) is 106 Å². The van der Waals surface area contributed by atoms with Gasteiger partial charge in [-0.3, -0.25) is 9.52 Å². The molecule has 2 aliphatic heterocycles. The van der Waals surface area contributed by atoms with Crippen molar-refractivity contribution >= 4 is 45.2 Å². The third kappa shape index (κ3) is 10.4. The molecule has 1 spiro atoms. The van der Waals surface area contributed by atoms with Gasteiger partial charge in [0.15, 0.2) is 0 Å². The van der Waals surface area contributed by atoms with E-state index in [0.29, 0.717) is 45.0 Å². The van der Waals surface area contributed by atoms with Crippen LogP contribution in [0.3, 0.4) is 0 Å². The summed E-state index contributed by atoms with van der Waals surface area (Å²) in [5.41, 5.74) is 3.18. The predicted molar refractivity (Wildman–Crippen MR) is 227 cm³/mol. The van der Waals surface area contributed by atoms with Gasteiger partial charge in [-0.1, -0.05) is 50.9 Å². The molecule has 6 atom stereocenters.